The molecule has 0 aliphatic heterocycles. The Morgan fingerprint density at radius 1 is 1.37 bits per heavy atom. The van der Waals surface area contributed by atoms with Crippen molar-refractivity contribution in [2.45, 2.75) is 16.0 Å². The summed E-state index contributed by atoms with van der Waals surface area (Å²) >= 11 is 8.85. The maximum atomic E-state index is 5.95. The predicted molar refractivity (Wildman–Crippen MR) is 76.1 cm³/mol. The molecule has 0 unspecified atom stereocenters. The number of ether oxygens (including phenoxy) is 1. The molecule has 0 spiro atoms. The Kier molecular flexibility index (Phi) is 4.92. The van der Waals surface area contributed by atoms with Crippen molar-refractivity contribution in [1.29, 1.82) is 0 Å². The van der Waals surface area contributed by atoms with Gasteiger partial charge in [0, 0.05) is 27.3 Å². The van der Waals surface area contributed by atoms with Crippen molar-refractivity contribution < 1.29 is 4.74 Å². The van der Waals surface area contributed by atoms with E-state index in [0.29, 0.717) is 17.6 Å². The second-order valence-electron chi connectivity index (χ2n) is 3.73. The molecule has 0 aliphatic rings. The molecule has 19 heavy (non-hydrogen) atoms. The normalized spacial score (nSPS) is 10.7. The molecule has 2 heterocycles. The molecule has 0 amide bonds. The molecule has 0 aromatic carbocycles. The molecule has 9 heteroatoms. The van der Waals surface area contributed by atoms with Crippen LogP contribution < -0.4 is 4.90 Å². The molecule has 0 fully saturated rings. The van der Waals surface area contributed by atoms with E-state index in [1.807, 2.05) is 19.0 Å². The van der Waals surface area contributed by atoms with E-state index in [0.717, 1.165) is 14.5 Å². The van der Waals surface area contributed by atoms with Crippen molar-refractivity contribution >= 4 is 39.8 Å². The van der Waals surface area contributed by atoms with Crippen molar-refractivity contribution in [1.82, 2.24) is 20.2 Å². The predicted octanol–water partition coefficient (Wildman–Crippen LogP) is 2.35. The lowest BCUT2D eigenvalue weighted by Crippen LogP contribution is -2.07. The van der Waals surface area contributed by atoms with E-state index in [4.69, 9.17) is 16.3 Å². The van der Waals surface area contributed by atoms with Crippen molar-refractivity contribution in [3.8, 4) is 0 Å². The third kappa shape index (κ3) is 4.00. The first kappa shape index (κ1) is 14.4. The molecule has 0 atom stereocenters. The smallest absolute Gasteiger partial charge is 0.208 e. The number of hydrogen-bond donors (Lipinski definition) is 0. The van der Waals surface area contributed by atoms with E-state index in [9.17, 15) is 0 Å². The summed E-state index contributed by atoms with van der Waals surface area (Å²) in [5, 5.41) is 10.1. The average molecular weight is 318 g/mol. The largest absolute Gasteiger partial charge is 0.377 e. The zero-order chi connectivity index (χ0) is 13.8. The van der Waals surface area contributed by atoms with E-state index < -0.39 is 0 Å². The van der Waals surface area contributed by atoms with E-state index in [2.05, 4.69) is 20.2 Å². The number of methoxy groups -OCH3 is 1. The summed E-state index contributed by atoms with van der Waals surface area (Å²) in [6, 6.07) is 1.70. The van der Waals surface area contributed by atoms with Crippen molar-refractivity contribution in [3.63, 3.8) is 0 Å². The second kappa shape index (κ2) is 6.47. The highest BCUT2D eigenvalue weighted by molar-refractivity contribution is 8.01. The lowest BCUT2D eigenvalue weighted by atomic mass is 10.6. The van der Waals surface area contributed by atoms with Gasteiger partial charge in [0.1, 0.15) is 16.8 Å². The highest BCUT2D eigenvalue weighted by Crippen LogP contribution is 2.32. The van der Waals surface area contributed by atoms with Crippen LogP contribution in [0.2, 0.25) is 5.15 Å². The Morgan fingerprint density at radius 3 is 2.79 bits per heavy atom. The second-order valence-corrected chi connectivity index (χ2v) is 6.34. The van der Waals surface area contributed by atoms with Crippen molar-refractivity contribution in [3.05, 3.63) is 17.0 Å². The number of rotatable bonds is 5. The average Bonchev–Trinajstić information content (AvgIpc) is 2.77. The van der Waals surface area contributed by atoms with Gasteiger partial charge >= 0.3 is 0 Å². The number of aromatic nitrogens is 4. The third-order valence-electron chi connectivity index (χ3n) is 1.96. The van der Waals surface area contributed by atoms with Crippen LogP contribution in [0.15, 0.2) is 15.4 Å². The minimum absolute atomic E-state index is 0.327. The van der Waals surface area contributed by atoms with Crippen LogP contribution in [0.5, 0.6) is 0 Å². The maximum Gasteiger partial charge on any atom is 0.208 e. The van der Waals surface area contributed by atoms with Gasteiger partial charge in [0.2, 0.25) is 5.13 Å². The van der Waals surface area contributed by atoms with Crippen molar-refractivity contribution in [2.75, 3.05) is 26.1 Å². The monoisotopic (exact) mass is 317 g/mol. The number of nitrogens with zero attached hydrogens (tertiary/aromatic N) is 5. The van der Waals surface area contributed by atoms with Gasteiger partial charge in [-0.3, -0.25) is 0 Å². The fourth-order valence-electron chi connectivity index (χ4n) is 1.20. The van der Waals surface area contributed by atoms with Crippen LogP contribution in [0.3, 0.4) is 0 Å². The van der Waals surface area contributed by atoms with Crippen molar-refractivity contribution in [2.24, 2.45) is 0 Å². The first-order valence-electron chi connectivity index (χ1n) is 5.29. The Morgan fingerprint density at radius 2 is 2.16 bits per heavy atom. The molecule has 6 nitrogen and oxygen atoms in total. The first-order valence-corrected chi connectivity index (χ1v) is 7.30. The Bertz CT molecular complexity index is 563. The van der Waals surface area contributed by atoms with Crippen LogP contribution in [0, 0.1) is 0 Å². The Hall–Kier alpha value is -0.960. The van der Waals surface area contributed by atoms with Gasteiger partial charge in [-0.15, -0.1) is 10.2 Å². The minimum atomic E-state index is 0.327. The summed E-state index contributed by atoms with van der Waals surface area (Å²) in [6.07, 6.45) is 0. The molecule has 0 aliphatic carbocycles. The van der Waals surface area contributed by atoms with E-state index in [-0.39, 0.29) is 0 Å². The lowest BCUT2D eigenvalue weighted by Gasteiger charge is -2.04. The number of halogens is 1. The molecule has 0 saturated heterocycles. The Balaban J connectivity index is 2.17. The fraction of sp³-hybridized carbons (Fsp3) is 0.400. The summed E-state index contributed by atoms with van der Waals surface area (Å²) in [6.45, 7) is 0.327. The van der Waals surface area contributed by atoms with E-state index in [1.165, 1.54) is 23.1 Å². The molecule has 2 rings (SSSR count). The van der Waals surface area contributed by atoms with Gasteiger partial charge in [-0.1, -0.05) is 22.9 Å². The first-order chi connectivity index (χ1) is 9.08. The fourth-order valence-corrected chi connectivity index (χ4v) is 3.20. The number of anilines is 1. The molecular formula is C10H12ClN5OS2. The summed E-state index contributed by atoms with van der Waals surface area (Å²) in [5.74, 6) is 0.551. The quantitative estimate of drug-likeness (QED) is 0.784. The SMILES string of the molecule is COCc1nc(Cl)cc(Sc2nnc(N(C)C)s2)n1. The van der Waals surface area contributed by atoms with Crippen LogP contribution in [0.1, 0.15) is 5.82 Å². The number of hydrogen-bond acceptors (Lipinski definition) is 8. The maximum absolute atomic E-state index is 5.95. The van der Waals surface area contributed by atoms with Crippen LogP contribution in [0.4, 0.5) is 5.13 Å². The Labute approximate surface area is 124 Å². The van der Waals surface area contributed by atoms with Crippen LogP contribution >= 0.6 is 34.7 Å². The lowest BCUT2D eigenvalue weighted by molar-refractivity contribution is 0.177. The third-order valence-corrected chi connectivity index (χ3v) is 4.22. The summed E-state index contributed by atoms with van der Waals surface area (Å²) in [7, 11) is 5.44. The molecule has 0 N–H and O–H groups in total. The standard InChI is InChI=1S/C10H12ClN5OS2/c1-16(2)9-14-15-10(19-9)18-8-4-6(11)12-7(13-8)5-17-3/h4H,5H2,1-3H3. The van der Waals surface area contributed by atoms with Gasteiger partial charge in [0.05, 0.1) is 0 Å². The molecular weight excluding hydrogens is 306 g/mol. The van der Waals surface area contributed by atoms with Gasteiger partial charge in [0.25, 0.3) is 0 Å². The topological polar surface area (TPSA) is 64.0 Å². The molecule has 2 aromatic heterocycles. The molecule has 2 aromatic rings. The zero-order valence-corrected chi connectivity index (χ0v) is 13.0. The minimum Gasteiger partial charge on any atom is -0.377 e. The highest BCUT2D eigenvalue weighted by atomic mass is 35.5. The zero-order valence-electron chi connectivity index (χ0n) is 10.6. The summed E-state index contributed by atoms with van der Waals surface area (Å²) in [4.78, 5) is 10.3. The summed E-state index contributed by atoms with van der Waals surface area (Å²) < 4.78 is 5.81. The van der Waals surface area contributed by atoms with E-state index in [1.54, 1.807) is 13.2 Å². The molecule has 0 bridgehead atoms. The highest BCUT2D eigenvalue weighted by Gasteiger charge is 2.10. The van der Waals surface area contributed by atoms with Crippen LogP contribution in [-0.4, -0.2) is 41.4 Å². The van der Waals surface area contributed by atoms with Crippen LogP contribution in [0.25, 0.3) is 0 Å². The molecule has 0 saturated carbocycles. The van der Waals surface area contributed by atoms with Crippen LogP contribution in [-0.2, 0) is 11.3 Å². The van der Waals surface area contributed by atoms with Gasteiger partial charge in [-0.25, -0.2) is 9.97 Å². The van der Waals surface area contributed by atoms with Gasteiger partial charge in [-0.2, -0.15) is 0 Å². The van der Waals surface area contributed by atoms with Gasteiger partial charge in [0.15, 0.2) is 10.2 Å². The summed E-state index contributed by atoms with van der Waals surface area (Å²) in [5.41, 5.74) is 0. The van der Waals surface area contributed by atoms with Gasteiger partial charge in [-0.05, 0) is 11.8 Å². The molecule has 102 valence electrons. The molecule has 0 radical (unpaired) electrons. The van der Waals surface area contributed by atoms with Gasteiger partial charge < -0.3 is 9.64 Å². The van der Waals surface area contributed by atoms with E-state index >= 15 is 0 Å².